The third-order valence-electron chi connectivity index (χ3n) is 3.59. The zero-order valence-corrected chi connectivity index (χ0v) is 11.6. The first kappa shape index (κ1) is 13.1. The summed E-state index contributed by atoms with van der Waals surface area (Å²) in [6.45, 7) is 8.27. The molecule has 0 aromatic heterocycles. The van der Waals surface area contributed by atoms with Gasteiger partial charge in [-0.3, -0.25) is 4.79 Å². The molecule has 18 heavy (non-hydrogen) atoms. The summed E-state index contributed by atoms with van der Waals surface area (Å²) in [7, 11) is 0. The molecule has 0 saturated carbocycles. The Bertz CT molecular complexity index is 462. The van der Waals surface area contributed by atoms with Gasteiger partial charge in [0.2, 0.25) is 5.91 Å². The fourth-order valence-electron chi connectivity index (χ4n) is 2.84. The van der Waals surface area contributed by atoms with E-state index in [1.165, 1.54) is 11.1 Å². The standard InChI is InChI=1S/C15H22N2O/c1-10-7-5-6-8-11(10)14-12(16)9-13(18)17(14)15(2,3)4/h5-8,12,14H,9,16H2,1-4H3. The van der Waals surface area contributed by atoms with Gasteiger partial charge in [-0.2, -0.15) is 0 Å². The van der Waals surface area contributed by atoms with Gasteiger partial charge in [0.05, 0.1) is 6.04 Å². The Kier molecular flexibility index (Phi) is 3.20. The summed E-state index contributed by atoms with van der Waals surface area (Å²) >= 11 is 0. The monoisotopic (exact) mass is 246 g/mol. The lowest BCUT2D eigenvalue weighted by atomic mass is 9.94. The number of aryl methyl sites for hydroxylation is 1. The molecular weight excluding hydrogens is 224 g/mol. The summed E-state index contributed by atoms with van der Waals surface area (Å²) in [5.41, 5.74) is 8.37. The number of likely N-dealkylation sites (tertiary alicyclic amines) is 1. The second-order valence-corrected chi connectivity index (χ2v) is 6.10. The molecular formula is C15H22N2O. The van der Waals surface area contributed by atoms with Crippen molar-refractivity contribution < 1.29 is 4.79 Å². The molecule has 2 unspecified atom stereocenters. The minimum atomic E-state index is -0.196. The van der Waals surface area contributed by atoms with Gasteiger partial charge in [-0.05, 0) is 38.8 Å². The summed E-state index contributed by atoms with van der Waals surface area (Å²) in [5.74, 6) is 0.156. The molecule has 2 rings (SSSR count). The summed E-state index contributed by atoms with van der Waals surface area (Å²) in [6, 6.07) is 8.07. The maximum absolute atomic E-state index is 12.2. The summed E-state index contributed by atoms with van der Waals surface area (Å²) in [6.07, 6.45) is 0.441. The first-order valence-corrected chi connectivity index (χ1v) is 6.45. The normalized spacial score (nSPS) is 24.7. The number of carbonyl (C=O) groups excluding carboxylic acids is 1. The Morgan fingerprint density at radius 2 is 1.89 bits per heavy atom. The Balaban J connectivity index is 2.47. The topological polar surface area (TPSA) is 46.3 Å². The summed E-state index contributed by atoms with van der Waals surface area (Å²) in [4.78, 5) is 14.1. The maximum Gasteiger partial charge on any atom is 0.225 e. The lowest BCUT2D eigenvalue weighted by molar-refractivity contribution is -0.133. The van der Waals surface area contributed by atoms with Crippen molar-refractivity contribution in [2.75, 3.05) is 0 Å². The minimum absolute atomic E-state index is 0.00120. The highest BCUT2D eigenvalue weighted by Gasteiger charge is 2.44. The van der Waals surface area contributed by atoms with E-state index in [1.54, 1.807) is 0 Å². The first-order valence-electron chi connectivity index (χ1n) is 6.45. The van der Waals surface area contributed by atoms with E-state index < -0.39 is 0 Å². The summed E-state index contributed by atoms with van der Waals surface area (Å²) < 4.78 is 0. The van der Waals surface area contributed by atoms with Gasteiger partial charge in [-0.25, -0.2) is 0 Å². The van der Waals surface area contributed by atoms with E-state index >= 15 is 0 Å². The lowest BCUT2D eigenvalue weighted by Crippen LogP contribution is -2.45. The van der Waals surface area contributed by atoms with Crippen LogP contribution in [0.5, 0.6) is 0 Å². The van der Waals surface area contributed by atoms with Gasteiger partial charge >= 0.3 is 0 Å². The van der Waals surface area contributed by atoms with Crippen LogP contribution in [-0.4, -0.2) is 22.4 Å². The van der Waals surface area contributed by atoms with Crippen LogP contribution in [-0.2, 0) is 4.79 Å². The zero-order chi connectivity index (χ0) is 13.5. The highest BCUT2D eigenvalue weighted by atomic mass is 16.2. The van der Waals surface area contributed by atoms with Gasteiger partial charge < -0.3 is 10.6 Å². The molecule has 3 nitrogen and oxygen atoms in total. The van der Waals surface area contributed by atoms with E-state index in [4.69, 9.17) is 5.73 Å². The number of nitrogens with two attached hydrogens (primary N) is 1. The molecule has 1 aromatic rings. The maximum atomic E-state index is 12.2. The van der Waals surface area contributed by atoms with Crippen molar-refractivity contribution in [3.05, 3.63) is 35.4 Å². The molecule has 1 fully saturated rings. The molecule has 0 aliphatic carbocycles. The predicted molar refractivity (Wildman–Crippen MR) is 73.1 cm³/mol. The van der Waals surface area contributed by atoms with Gasteiger partial charge in [0, 0.05) is 18.0 Å². The largest absolute Gasteiger partial charge is 0.329 e. The Labute approximate surface area is 109 Å². The van der Waals surface area contributed by atoms with E-state index in [9.17, 15) is 4.79 Å². The van der Waals surface area contributed by atoms with Crippen LogP contribution in [0.4, 0.5) is 0 Å². The van der Waals surface area contributed by atoms with E-state index in [0.717, 1.165) is 0 Å². The number of rotatable bonds is 1. The van der Waals surface area contributed by atoms with Crippen molar-refractivity contribution >= 4 is 5.91 Å². The second-order valence-electron chi connectivity index (χ2n) is 6.10. The van der Waals surface area contributed by atoms with Gasteiger partial charge in [-0.15, -0.1) is 0 Å². The zero-order valence-electron chi connectivity index (χ0n) is 11.6. The fourth-order valence-corrected chi connectivity index (χ4v) is 2.84. The molecule has 1 aliphatic heterocycles. The third-order valence-corrected chi connectivity index (χ3v) is 3.59. The van der Waals surface area contributed by atoms with Crippen molar-refractivity contribution in [1.82, 2.24) is 4.90 Å². The second kappa shape index (κ2) is 4.39. The van der Waals surface area contributed by atoms with Gasteiger partial charge in [-0.1, -0.05) is 24.3 Å². The number of amides is 1. The average Bonchev–Trinajstić information content (AvgIpc) is 2.53. The van der Waals surface area contributed by atoms with Gasteiger partial charge in [0.25, 0.3) is 0 Å². The molecule has 3 heteroatoms. The molecule has 1 aromatic carbocycles. The smallest absolute Gasteiger partial charge is 0.225 e. The highest BCUT2D eigenvalue weighted by Crippen LogP contribution is 2.38. The van der Waals surface area contributed by atoms with E-state index in [-0.39, 0.29) is 23.5 Å². The number of nitrogens with zero attached hydrogens (tertiary/aromatic N) is 1. The van der Waals surface area contributed by atoms with Gasteiger partial charge in [0.15, 0.2) is 0 Å². The molecule has 98 valence electrons. The molecule has 1 heterocycles. The number of benzene rings is 1. The molecule has 1 saturated heterocycles. The Hall–Kier alpha value is -1.35. The Morgan fingerprint density at radius 3 is 2.44 bits per heavy atom. The molecule has 0 radical (unpaired) electrons. The predicted octanol–water partition coefficient (Wildman–Crippen LogP) is 2.39. The lowest BCUT2D eigenvalue weighted by Gasteiger charge is -2.39. The molecule has 1 aliphatic rings. The number of carbonyl (C=O) groups is 1. The molecule has 1 amide bonds. The molecule has 0 bridgehead atoms. The van der Waals surface area contributed by atoms with Crippen molar-refractivity contribution in [2.24, 2.45) is 5.73 Å². The first-order chi connectivity index (χ1) is 8.32. The fraction of sp³-hybridized carbons (Fsp3) is 0.533. The van der Waals surface area contributed by atoms with Crippen molar-refractivity contribution in [3.63, 3.8) is 0 Å². The molecule has 2 N–H and O–H groups in total. The van der Waals surface area contributed by atoms with E-state index in [1.807, 2.05) is 17.0 Å². The van der Waals surface area contributed by atoms with Crippen molar-refractivity contribution in [2.45, 2.75) is 51.7 Å². The van der Waals surface area contributed by atoms with Crippen LogP contribution in [0, 0.1) is 6.92 Å². The SMILES string of the molecule is Cc1ccccc1C1C(N)CC(=O)N1C(C)(C)C. The van der Waals surface area contributed by atoms with Crippen molar-refractivity contribution in [3.8, 4) is 0 Å². The quantitative estimate of drug-likeness (QED) is 0.827. The number of hydrogen-bond donors (Lipinski definition) is 1. The van der Waals surface area contributed by atoms with Crippen LogP contribution in [0.2, 0.25) is 0 Å². The number of hydrogen-bond acceptors (Lipinski definition) is 2. The van der Waals surface area contributed by atoms with Crippen molar-refractivity contribution in [1.29, 1.82) is 0 Å². The van der Waals surface area contributed by atoms with Crippen LogP contribution < -0.4 is 5.73 Å². The minimum Gasteiger partial charge on any atom is -0.329 e. The molecule has 2 atom stereocenters. The summed E-state index contributed by atoms with van der Waals surface area (Å²) in [5, 5.41) is 0. The van der Waals surface area contributed by atoms with Crippen LogP contribution in [0.15, 0.2) is 24.3 Å². The Morgan fingerprint density at radius 1 is 1.28 bits per heavy atom. The van der Waals surface area contributed by atoms with E-state index in [0.29, 0.717) is 6.42 Å². The van der Waals surface area contributed by atoms with Crippen LogP contribution in [0.1, 0.15) is 44.4 Å². The van der Waals surface area contributed by atoms with Crippen LogP contribution >= 0.6 is 0 Å². The van der Waals surface area contributed by atoms with E-state index in [2.05, 4.69) is 39.8 Å². The van der Waals surface area contributed by atoms with Gasteiger partial charge in [0.1, 0.15) is 0 Å². The molecule has 0 spiro atoms. The third kappa shape index (κ3) is 2.15. The van der Waals surface area contributed by atoms with Crippen LogP contribution in [0.3, 0.4) is 0 Å². The van der Waals surface area contributed by atoms with Crippen LogP contribution in [0.25, 0.3) is 0 Å². The average molecular weight is 246 g/mol. The highest BCUT2D eigenvalue weighted by molar-refractivity contribution is 5.81.